The van der Waals surface area contributed by atoms with Crippen LogP contribution in [-0.2, 0) is 14.3 Å². The summed E-state index contributed by atoms with van der Waals surface area (Å²) < 4.78 is 9.47. The predicted octanol–water partition coefficient (Wildman–Crippen LogP) is 0.796. The molecular formula is C9H17ClN2O4. The molecule has 0 aromatic rings. The molecular weight excluding hydrogens is 236 g/mol. The molecule has 0 bridgehead atoms. The molecule has 0 aliphatic rings. The van der Waals surface area contributed by atoms with Gasteiger partial charge in [0.2, 0.25) is 0 Å². The molecule has 2 N–H and O–H groups in total. The molecule has 7 heteroatoms. The Morgan fingerprint density at radius 2 is 1.94 bits per heavy atom. The fourth-order valence-corrected chi connectivity index (χ4v) is 1.02. The van der Waals surface area contributed by atoms with Crippen LogP contribution in [0.5, 0.6) is 0 Å². The van der Waals surface area contributed by atoms with Gasteiger partial charge in [0.25, 0.3) is 0 Å². The summed E-state index contributed by atoms with van der Waals surface area (Å²) in [4.78, 5) is 24.8. The van der Waals surface area contributed by atoms with Crippen molar-refractivity contribution in [1.82, 2.24) is 10.2 Å². The van der Waals surface area contributed by atoms with Crippen molar-refractivity contribution in [2.45, 2.75) is 32.4 Å². The van der Waals surface area contributed by atoms with Crippen LogP contribution in [0.1, 0.15) is 20.8 Å². The predicted molar refractivity (Wildman–Crippen MR) is 59.0 cm³/mol. The molecule has 0 aromatic heterocycles. The minimum atomic E-state index is -0.877. The number of nitrogens with one attached hydrogen (secondary N) is 2. The topological polar surface area (TPSA) is 76.7 Å². The molecule has 16 heavy (non-hydrogen) atoms. The van der Waals surface area contributed by atoms with Crippen LogP contribution in [0.2, 0.25) is 0 Å². The van der Waals surface area contributed by atoms with Crippen LogP contribution in [0.3, 0.4) is 0 Å². The van der Waals surface area contributed by atoms with Crippen molar-refractivity contribution in [3.05, 3.63) is 0 Å². The van der Waals surface area contributed by atoms with E-state index < -0.39 is 23.7 Å². The molecule has 1 atom stereocenters. The van der Waals surface area contributed by atoms with E-state index in [1.807, 2.05) is 0 Å². The minimum Gasteiger partial charge on any atom is -0.467 e. The maximum absolute atomic E-state index is 11.4. The van der Waals surface area contributed by atoms with Gasteiger partial charge >= 0.3 is 12.1 Å². The van der Waals surface area contributed by atoms with Crippen molar-refractivity contribution in [2.24, 2.45) is 0 Å². The van der Waals surface area contributed by atoms with E-state index in [1.165, 1.54) is 7.11 Å². The zero-order valence-electron chi connectivity index (χ0n) is 9.80. The second kappa shape index (κ2) is 6.55. The summed E-state index contributed by atoms with van der Waals surface area (Å²) in [6.45, 7) is 5.21. The Bertz CT molecular complexity index is 252. The lowest BCUT2D eigenvalue weighted by molar-refractivity contribution is -0.142. The van der Waals surface area contributed by atoms with E-state index >= 15 is 0 Å². The minimum absolute atomic E-state index is 0.0491. The normalized spacial score (nSPS) is 12.8. The van der Waals surface area contributed by atoms with Crippen LogP contribution >= 0.6 is 11.8 Å². The lowest BCUT2D eigenvalue weighted by Gasteiger charge is -2.22. The lowest BCUT2D eigenvalue weighted by Crippen LogP contribution is -2.48. The van der Waals surface area contributed by atoms with E-state index in [2.05, 4.69) is 14.9 Å². The number of amides is 1. The fourth-order valence-electron chi connectivity index (χ4n) is 0.863. The van der Waals surface area contributed by atoms with E-state index in [9.17, 15) is 9.59 Å². The van der Waals surface area contributed by atoms with Gasteiger partial charge in [0.05, 0.1) is 7.11 Å². The molecule has 1 amide bonds. The molecule has 94 valence electrons. The first-order chi connectivity index (χ1) is 7.30. The smallest absolute Gasteiger partial charge is 0.408 e. The highest BCUT2D eigenvalue weighted by Crippen LogP contribution is 2.06. The average molecular weight is 253 g/mol. The van der Waals surface area contributed by atoms with Crippen molar-refractivity contribution < 1.29 is 19.1 Å². The molecule has 0 aromatic carbocycles. The Balaban J connectivity index is 4.29. The number of carbonyl (C=O) groups is 2. The third-order valence-corrected chi connectivity index (χ3v) is 1.61. The van der Waals surface area contributed by atoms with Crippen LogP contribution < -0.4 is 10.2 Å². The highest BCUT2D eigenvalue weighted by Gasteiger charge is 2.24. The first-order valence-corrected chi connectivity index (χ1v) is 5.08. The Morgan fingerprint density at radius 3 is 2.31 bits per heavy atom. The molecule has 0 saturated carbocycles. The number of esters is 1. The van der Waals surface area contributed by atoms with Crippen LogP contribution in [0.15, 0.2) is 0 Å². The first kappa shape index (κ1) is 15.0. The maximum atomic E-state index is 11.4. The lowest BCUT2D eigenvalue weighted by atomic mass is 10.2. The van der Waals surface area contributed by atoms with E-state index in [1.54, 1.807) is 20.8 Å². The number of ether oxygens (including phenoxy) is 2. The summed E-state index contributed by atoms with van der Waals surface area (Å²) in [6.07, 6.45) is -0.699. The monoisotopic (exact) mass is 252 g/mol. The quantitative estimate of drug-likeness (QED) is 0.572. The van der Waals surface area contributed by atoms with Crippen LogP contribution in [-0.4, -0.2) is 37.4 Å². The van der Waals surface area contributed by atoms with Crippen molar-refractivity contribution in [2.75, 3.05) is 13.7 Å². The summed E-state index contributed by atoms with van der Waals surface area (Å²) >= 11 is 5.26. The van der Waals surface area contributed by atoms with Crippen LogP contribution in [0.4, 0.5) is 4.79 Å². The molecule has 0 heterocycles. The van der Waals surface area contributed by atoms with Gasteiger partial charge in [-0.05, 0) is 32.5 Å². The second-order valence-electron chi connectivity index (χ2n) is 4.06. The Hall–Kier alpha value is -1.01. The summed E-state index contributed by atoms with van der Waals surface area (Å²) in [7, 11) is 1.22. The summed E-state index contributed by atoms with van der Waals surface area (Å²) in [5.74, 6) is -0.598. The van der Waals surface area contributed by atoms with E-state index in [4.69, 9.17) is 16.5 Å². The highest BCUT2D eigenvalue weighted by atomic mass is 35.5. The van der Waals surface area contributed by atoms with Gasteiger partial charge in [0.1, 0.15) is 11.6 Å². The van der Waals surface area contributed by atoms with Gasteiger partial charge < -0.3 is 14.8 Å². The number of alkyl carbamates (subject to hydrolysis) is 1. The van der Waals surface area contributed by atoms with Gasteiger partial charge in [-0.1, -0.05) is 0 Å². The Labute approximate surface area is 99.7 Å². The Morgan fingerprint density at radius 1 is 1.38 bits per heavy atom. The third kappa shape index (κ3) is 6.47. The molecule has 0 aliphatic carbocycles. The SMILES string of the molecule is COC(=O)[C@H](CNCl)NC(=O)OC(C)(C)C. The summed E-state index contributed by atoms with van der Waals surface area (Å²) in [6, 6.07) is -0.877. The number of hydrogen-bond acceptors (Lipinski definition) is 5. The van der Waals surface area contributed by atoms with Crippen LogP contribution in [0, 0.1) is 0 Å². The standard InChI is InChI=1S/C9H17ClN2O4/c1-9(2,3)16-8(14)12-6(5-11-10)7(13)15-4/h6,11H,5H2,1-4H3,(H,12,14)/t6-/m0/s1. The van der Waals surface area contributed by atoms with Gasteiger partial charge in [0, 0.05) is 6.54 Å². The highest BCUT2D eigenvalue weighted by molar-refractivity contribution is 6.13. The fraction of sp³-hybridized carbons (Fsp3) is 0.778. The summed E-state index contributed by atoms with van der Waals surface area (Å²) in [5.41, 5.74) is -0.626. The average Bonchev–Trinajstić information content (AvgIpc) is 2.13. The number of rotatable bonds is 4. The van der Waals surface area contributed by atoms with Crippen molar-refractivity contribution in [1.29, 1.82) is 0 Å². The number of halogens is 1. The molecule has 0 unspecified atom stereocenters. The number of carbonyl (C=O) groups excluding carboxylic acids is 2. The number of hydrogen-bond donors (Lipinski definition) is 2. The van der Waals surface area contributed by atoms with Crippen molar-refractivity contribution in [3.8, 4) is 0 Å². The molecule has 6 nitrogen and oxygen atoms in total. The zero-order valence-corrected chi connectivity index (χ0v) is 10.6. The van der Waals surface area contributed by atoms with Gasteiger partial charge in [-0.3, -0.25) is 0 Å². The molecule has 0 saturated heterocycles. The van der Waals surface area contributed by atoms with E-state index in [-0.39, 0.29) is 6.54 Å². The maximum Gasteiger partial charge on any atom is 0.408 e. The molecule has 0 spiro atoms. The van der Waals surface area contributed by atoms with E-state index in [0.717, 1.165) is 0 Å². The zero-order chi connectivity index (χ0) is 12.8. The van der Waals surface area contributed by atoms with Crippen molar-refractivity contribution in [3.63, 3.8) is 0 Å². The molecule has 0 aliphatic heterocycles. The third-order valence-electron chi connectivity index (χ3n) is 1.46. The van der Waals surface area contributed by atoms with Gasteiger partial charge in [-0.25, -0.2) is 14.4 Å². The van der Waals surface area contributed by atoms with E-state index in [0.29, 0.717) is 0 Å². The van der Waals surface area contributed by atoms with Gasteiger partial charge in [-0.15, -0.1) is 0 Å². The van der Waals surface area contributed by atoms with Crippen molar-refractivity contribution >= 4 is 23.8 Å². The number of methoxy groups -OCH3 is 1. The van der Waals surface area contributed by atoms with Gasteiger partial charge in [0.15, 0.2) is 0 Å². The molecule has 0 fully saturated rings. The van der Waals surface area contributed by atoms with Crippen LogP contribution in [0.25, 0.3) is 0 Å². The molecule has 0 radical (unpaired) electrons. The Kier molecular flexibility index (Phi) is 6.13. The molecule has 0 rings (SSSR count). The largest absolute Gasteiger partial charge is 0.467 e. The van der Waals surface area contributed by atoms with Gasteiger partial charge in [-0.2, -0.15) is 0 Å². The second-order valence-corrected chi connectivity index (χ2v) is 4.33. The first-order valence-electron chi connectivity index (χ1n) is 4.71. The summed E-state index contributed by atoms with van der Waals surface area (Å²) in [5, 5.41) is 2.34.